The van der Waals surface area contributed by atoms with Crippen LogP contribution in [0.1, 0.15) is 12.8 Å². The van der Waals surface area contributed by atoms with Gasteiger partial charge in [0.1, 0.15) is 5.75 Å². The SMILES string of the molecule is O=C(CCCn1c(=O)oc2cc([N+](=O)[O-])ccc21)Nc1cccc(OC(F)(F)F)c1. The van der Waals surface area contributed by atoms with E-state index >= 15 is 0 Å². The van der Waals surface area contributed by atoms with Crippen molar-refractivity contribution in [1.29, 1.82) is 0 Å². The van der Waals surface area contributed by atoms with Crippen LogP contribution in [0.15, 0.2) is 51.7 Å². The summed E-state index contributed by atoms with van der Waals surface area (Å²) >= 11 is 0. The van der Waals surface area contributed by atoms with E-state index in [4.69, 9.17) is 4.42 Å². The lowest BCUT2D eigenvalue weighted by molar-refractivity contribution is -0.384. The Morgan fingerprint density at radius 1 is 1.23 bits per heavy atom. The number of nitrogens with one attached hydrogen (secondary N) is 1. The van der Waals surface area contributed by atoms with Gasteiger partial charge >= 0.3 is 12.1 Å². The van der Waals surface area contributed by atoms with Crippen molar-refractivity contribution in [2.24, 2.45) is 0 Å². The summed E-state index contributed by atoms with van der Waals surface area (Å²) in [4.78, 5) is 34.2. The second-order valence-corrected chi connectivity index (χ2v) is 6.16. The van der Waals surface area contributed by atoms with Crippen LogP contribution in [0.25, 0.3) is 11.1 Å². The Kier molecular flexibility index (Phi) is 5.76. The Balaban J connectivity index is 1.60. The number of non-ortho nitro benzene ring substituents is 1. The fourth-order valence-corrected chi connectivity index (χ4v) is 2.77. The molecule has 0 aliphatic heterocycles. The number of aryl methyl sites for hydroxylation is 1. The molecule has 0 bridgehead atoms. The quantitative estimate of drug-likeness (QED) is 0.454. The summed E-state index contributed by atoms with van der Waals surface area (Å²) in [6, 6.07) is 8.59. The number of carbonyl (C=O) groups excluding carboxylic acids is 1. The Hall–Kier alpha value is -3.83. The average molecular weight is 425 g/mol. The Morgan fingerprint density at radius 3 is 2.70 bits per heavy atom. The number of anilines is 1. The Labute approximate surface area is 165 Å². The standard InChI is InChI=1S/C18H14F3N3O6/c19-18(20,21)30-13-4-1-3-11(9-13)22-16(25)5-2-8-23-14-7-6-12(24(27)28)10-15(14)29-17(23)26/h1,3-4,6-7,9-10H,2,5,8H2,(H,22,25). The van der Waals surface area contributed by atoms with Crippen molar-refractivity contribution in [1.82, 2.24) is 4.57 Å². The number of nitro benzene ring substituents is 1. The molecular weight excluding hydrogens is 411 g/mol. The van der Waals surface area contributed by atoms with Crippen molar-refractivity contribution >= 4 is 28.4 Å². The molecule has 1 heterocycles. The van der Waals surface area contributed by atoms with Gasteiger partial charge in [-0.1, -0.05) is 6.07 Å². The number of amides is 1. The van der Waals surface area contributed by atoms with Gasteiger partial charge in [-0.25, -0.2) is 4.79 Å². The van der Waals surface area contributed by atoms with Crippen LogP contribution in [0.4, 0.5) is 24.5 Å². The van der Waals surface area contributed by atoms with Crippen molar-refractivity contribution in [3.63, 3.8) is 0 Å². The van der Waals surface area contributed by atoms with E-state index in [2.05, 4.69) is 10.1 Å². The molecule has 0 unspecified atom stereocenters. The number of carbonyl (C=O) groups is 1. The highest BCUT2D eigenvalue weighted by Crippen LogP contribution is 2.25. The fraction of sp³-hybridized carbons (Fsp3) is 0.222. The smallest absolute Gasteiger partial charge is 0.407 e. The number of benzene rings is 2. The number of oxazole rings is 1. The van der Waals surface area contributed by atoms with Crippen molar-refractivity contribution in [3.05, 3.63) is 63.1 Å². The molecule has 3 rings (SSSR count). The Morgan fingerprint density at radius 2 is 2.00 bits per heavy atom. The predicted octanol–water partition coefficient (Wildman–Crippen LogP) is 3.82. The van der Waals surface area contributed by atoms with Crippen LogP contribution >= 0.6 is 0 Å². The number of hydrogen-bond donors (Lipinski definition) is 1. The zero-order chi connectivity index (χ0) is 21.9. The third kappa shape index (κ3) is 5.16. The molecule has 1 N–H and O–H groups in total. The number of halogens is 3. The molecule has 9 nitrogen and oxygen atoms in total. The first-order valence-electron chi connectivity index (χ1n) is 8.56. The zero-order valence-corrected chi connectivity index (χ0v) is 15.1. The molecule has 1 aromatic heterocycles. The molecule has 0 aliphatic carbocycles. The van der Waals surface area contributed by atoms with Gasteiger partial charge in [0.2, 0.25) is 5.91 Å². The molecule has 12 heteroatoms. The van der Waals surface area contributed by atoms with E-state index in [1.165, 1.54) is 28.8 Å². The molecule has 1 amide bonds. The van der Waals surface area contributed by atoms with Gasteiger partial charge in [0.15, 0.2) is 5.58 Å². The summed E-state index contributed by atoms with van der Waals surface area (Å²) in [5, 5.41) is 13.2. The van der Waals surface area contributed by atoms with E-state index in [9.17, 15) is 32.9 Å². The van der Waals surface area contributed by atoms with Crippen LogP contribution in [-0.2, 0) is 11.3 Å². The van der Waals surface area contributed by atoms with Crippen LogP contribution in [0.3, 0.4) is 0 Å². The normalized spacial score (nSPS) is 11.4. The molecule has 0 saturated heterocycles. The molecule has 0 spiro atoms. The van der Waals surface area contributed by atoms with E-state index in [0.717, 1.165) is 18.2 Å². The monoisotopic (exact) mass is 425 g/mol. The number of nitro groups is 1. The lowest BCUT2D eigenvalue weighted by Gasteiger charge is -2.10. The molecular formula is C18H14F3N3O6. The first-order valence-corrected chi connectivity index (χ1v) is 8.56. The van der Waals surface area contributed by atoms with Gasteiger partial charge in [0.25, 0.3) is 5.69 Å². The number of rotatable bonds is 7. The molecule has 0 saturated carbocycles. The minimum Gasteiger partial charge on any atom is -0.407 e. The van der Waals surface area contributed by atoms with Gasteiger partial charge in [-0.15, -0.1) is 13.2 Å². The number of nitrogens with zero attached hydrogens (tertiary/aromatic N) is 2. The summed E-state index contributed by atoms with van der Waals surface area (Å²) in [5.74, 6) is -1.66. The molecule has 3 aromatic rings. The van der Waals surface area contributed by atoms with E-state index in [1.807, 2.05) is 0 Å². The molecule has 2 aromatic carbocycles. The number of ether oxygens (including phenoxy) is 1. The maximum absolute atomic E-state index is 12.3. The lowest BCUT2D eigenvalue weighted by Crippen LogP contribution is -2.18. The molecule has 0 fully saturated rings. The average Bonchev–Trinajstić information content (AvgIpc) is 2.95. The topological polar surface area (TPSA) is 117 Å². The second kappa shape index (κ2) is 8.27. The third-order valence-corrected chi connectivity index (χ3v) is 4.00. The molecule has 0 atom stereocenters. The van der Waals surface area contributed by atoms with Crippen LogP contribution in [0.2, 0.25) is 0 Å². The van der Waals surface area contributed by atoms with Gasteiger partial charge in [-0.3, -0.25) is 19.5 Å². The van der Waals surface area contributed by atoms with Gasteiger partial charge in [-0.05, 0) is 24.6 Å². The van der Waals surface area contributed by atoms with Crippen molar-refractivity contribution < 1.29 is 32.0 Å². The first-order chi connectivity index (χ1) is 14.1. The van der Waals surface area contributed by atoms with Crippen LogP contribution in [-0.4, -0.2) is 21.8 Å². The minimum atomic E-state index is -4.84. The summed E-state index contributed by atoms with van der Waals surface area (Å²) in [7, 11) is 0. The van der Waals surface area contributed by atoms with Gasteiger partial charge in [0, 0.05) is 30.8 Å². The van der Waals surface area contributed by atoms with E-state index in [0.29, 0.717) is 5.52 Å². The van der Waals surface area contributed by atoms with Gasteiger partial charge in [0.05, 0.1) is 16.5 Å². The van der Waals surface area contributed by atoms with E-state index in [1.54, 1.807) is 0 Å². The van der Waals surface area contributed by atoms with E-state index in [-0.39, 0.29) is 36.3 Å². The minimum absolute atomic E-state index is 0.0313. The molecule has 0 radical (unpaired) electrons. The van der Waals surface area contributed by atoms with Crippen molar-refractivity contribution in [2.45, 2.75) is 25.7 Å². The predicted molar refractivity (Wildman–Crippen MR) is 98.1 cm³/mol. The summed E-state index contributed by atoms with van der Waals surface area (Å²) in [6.07, 6.45) is -4.66. The maximum Gasteiger partial charge on any atom is 0.573 e. The van der Waals surface area contributed by atoms with E-state index < -0.39 is 28.7 Å². The summed E-state index contributed by atoms with van der Waals surface area (Å²) < 4.78 is 46.8. The molecule has 158 valence electrons. The summed E-state index contributed by atoms with van der Waals surface area (Å²) in [5.41, 5.74) is 0.308. The highest BCUT2D eigenvalue weighted by atomic mass is 19.4. The molecule has 0 aliphatic rings. The van der Waals surface area contributed by atoms with Crippen LogP contribution in [0, 0.1) is 10.1 Å². The third-order valence-electron chi connectivity index (χ3n) is 4.00. The summed E-state index contributed by atoms with van der Waals surface area (Å²) in [6.45, 7) is 0.105. The zero-order valence-electron chi connectivity index (χ0n) is 15.1. The lowest BCUT2D eigenvalue weighted by atomic mass is 10.2. The first kappa shape index (κ1) is 20.9. The van der Waals surface area contributed by atoms with Crippen LogP contribution < -0.4 is 15.8 Å². The van der Waals surface area contributed by atoms with Crippen LogP contribution in [0.5, 0.6) is 5.75 Å². The maximum atomic E-state index is 12.3. The molecule has 30 heavy (non-hydrogen) atoms. The number of fused-ring (bicyclic) bond motifs is 1. The highest BCUT2D eigenvalue weighted by Gasteiger charge is 2.31. The Bertz CT molecular complexity index is 1150. The fourth-order valence-electron chi connectivity index (χ4n) is 2.77. The highest BCUT2D eigenvalue weighted by molar-refractivity contribution is 5.90. The number of aromatic nitrogens is 1. The number of hydrogen-bond acceptors (Lipinski definition) is 6. The largest absolute Gasteiger partial charge is 0.573 e. The van der Waals surface area contributed by atoms with Gasteiger partial charge < -0.3 is 14.5 Å². The van der Waals surface area contributed by atoms with Crippen molar-refractivity contribution in [3.8, 4) is 5.75 Å². The second-order valence-electron chi connectivity index (χ2n) is 6.16. The number of alkyl halides is 3. The van der Waals surface area contributed by atoms with Gasteiger partial charge in [-0.2, -0.15) is 0 Å². The van der Waals surface area contributed by atoms with Crippen molar-refractivity contribution in [2.75, 3.05) is 5.32 Å².